The van der Waals surface area contributed by atoms with Crippen LogP contribution in [0.3, 0.4) is 0 Å². The molecule has 0 radical (unpaired) electrons. The molecular formula is C23H25FN2O3. The van der Waals surface area contributed by atoms with Crippen molar-refractivity contribution in [2.45, 2.75) is 38.3 Å². The molecule has 0 aromatic heterocycles. The molecule has 2 aromatic carbocycles. The van der Waals surface area contributed by atoms with Crippen molar-refractivity contribution in [2.75, 3.05) is 13.7 Å². The van der Waals surface area contributed by atoms with Gasteiger partial charge in [0.1, 0.15) is 11.6 Å². The quantitative estimate of drug-likeness (QED) is 0.706. The summed E-state index contributed by atoms with van der Waals surface area (Å²) in [5.41, 5.74) is 2.45. The minimum absolute atomic E-state index is 0.102. The molecule has 1 heterocycles. The van der Waals surface area contributed by atoms with Gasteiger partial charge < -0.3 is 14.5 Å². The van der Waals surface area contributed by atoms with Crippen LogP contribution < -0.4 is 4.74 Å². The molecule has 6 heteroatoms. The van der Waals surface area contributed by atoms with Gasteiger partial charge >= 0.3 is 0 Å². The summed E-state index contributed by atoms with van der Waals surface area (Å²) in [7, 11) is 1.63. The molecule has 29 heavy (non-hydrogen) atoms. The van der Waals surface area contributed by atoms with E-state index in [1.807, 2.05) is 35.2 Å². The highest BCUT2D eigenvalue weighted by Gasteiger charge is 2.33. The zero-order chi connectivity index (χ0) is 20.2. The van der Waals surface area contributed by atoms with E-state index in [0.717, 1.165) is 36.1 Å². The number of amides is 1. The minimum atomic E-state index is -0.298. The van der Waals surface area contributed by atoms with Crippen molar-refractivity contribution in [1.82, 2.24) is 4.90 Å². The van der Waals surface area contributed by atoms with Gasteiger partial charge in [0.2, 0.25) is 5.91 Å². The Hall–Kier alpha value is -2.89. The number of ether oxygens (including phenoxy) is 1. The summed E-state index contributed by atoms with van der Waals surface area (Å²) in [6, 6.07) is 14.1. The van der Waals surface area contributed by atoms with Crippen LogP contribution in [0.5, 0.6) is 5.75 Å². The van der Waals surface area contributed by atoms with E-state index in [-0.39, 0.29) is 23.7 Å². The van der Waals surface area contributed by atoms with E-state index >= 15 is 0 Å². The largest absolute Gasteiger partial charge is 0.497 e. The fourth-order valence-electron chi connectivity index (χ4n) is 3.75. The minimum Gasteiger partial charge on any atom is -0.497 e. The summed E-state index contributed by atoms with van der Waals surface area (Å²) in [4.78, 5) is 20.5. The highest BCUT2D eigenvalue weighted by molar-refractivity contribution is 6.01. The Morgan fingerprint density at radius 3 is 2.79 bits per heavy atom. The molecule has 0 spiro atoms. The van der Waals surface area contributed by atoms with Gasteiger partial charge in [0.25, 0.3) is 0 Å². The summed E-state index contributed by atoms with van der Waals surface area (Å²) in [6.07, 6.45) is 3.32. The van der Waals surface area contributed by atoms with Crippen LogP contribution in [0.2, 0.25) is 0 Å². The number of hydrogen-bond acceptors (Lipinski definition) is 4. The second-order valence-electron chi connectivity index (χ2n) is 7.68. The van der Waals surface area contributed by atoms with Gasteiger partial charge in [-0.1, -0.05) is 35.8 Å². The topological polar surface area (TPSA) is 51.1 Å². The molecule has 0 N–H and O–H groups in total. The molecular weight excluding hydrogens is 371 g/mol. The lowest BCUT2D eigenvalue weighted by Crippen LogP contribution is -2.42. The molecule has 1 saturated carbocycles. The first-order chi connectivity index (χ1) is 14.1. The van der Waals surface area contributed by atoms with Crippen LogP contribution >= 0.6 is 0 Å². The zero-order valence-corrected chi connectivity index (χ0v) is 16.5. The molecule has 0 bridgehead atoms. The molecule has 2 aromatic rings. The fraction of sp³-hybridized carbons (Fsp3) is 0.391. The lowest BCUT2D eigenvalue weighted by molar-refractivity contribution is -0.140. The van der Waals surface area contributed by atoms with Crippen LogP contribution in [0.1, 0.15) is 36.8 Å². The van der Waals surface area contributed by atoms with Crippen molar-refractivity contribution < 1.29 is 18.8 Å². The van der Waals surface area contributed by atoms with E-state index in [0.29, 0.717) is 25.2 Å². The number of rotatable bonds is 7. The molecule has 0 unspecified atom stereocenters. The predicted molar refractivity (Wildman–Crippen MR) is 108 cm³/mol. The Balaban J connectivity index is 1.45. The molecule has 1 fully saturated rings. The Bertz CT molecular complexity index is 911. The Morgan fingerprint density at radius 2 is 2.07 bits per heavy atom. The summed E-state index contributed by atoms with van der Waals surface area (Å²) in [5.74, 6) is 0.744. The van der Waals surface area contributed by atoms with E-state index in [2.05, 4.69) is 5.16 Å². The summed E-state index contributed by atoms with van der Waals surface area (Å²) in [6.45, 7) is 0.955. The van der Waals surface area contributed by atoms with Crippen LogP contribution in [0.25, 0.3) is 0 Å². The maximum absolute atomic E-state index is 13.5. The van der Waals surface area contributed by atoms with Crippen LogP contribution in [0, 0.1) is 11.7 Å². The van der Waals surface area contributed by atoms with Crippen molar-refractivity contribution in [3.63, 3.8) is 0 Å². The molecule has 1 aliphatic carbocycles. The molecule has 4 rings (SSSR count). The van der Waals surface area contributed by atoms with Crippen LogP contribution in [-0.2, 0) is 16.2 Å². The smallest absolute Gasteiger partial charge is 0.226 e. The van der Waals surface area contributed by atoms with Gasteiger partial charge in [-0.25, -0.2) is 4.39 Å². The lowest BCUT2D eigenvalue weighted by Gasteiger charge is -2.32. The van der Waals surface area contributed by atoms with Crippen molar-refractivity contribution in [1.29, 1.82) is 0 Å². The monoisotopic (exact) mass is 396 g/mol. The SMILES string of the molecule is COc1cccc(CN(C[C@@H]2CC(c3cccc(F)c3)=NO2)C(=O)C2CCC2)c1. The second-order valence-corrected chi connectivity index (χ2v) is 7.68. The van der Waals surface area contributed by atoms with Crippen molar-refractivity contribution in [2.24, 2.45) is 11.1 Å². The molecule has 1 amide bonds. The normalized spacial score (nSPS) is 18.6. The Labute approximate surface area is 170 Å². The third-order valence-electron chi connectivity index (χ3n) is 5.59. The second kappa shape index (κ2) is 8.64. The number of nitrogens with zero attached hydrogens (tertiary/aromatic N) is 2. The van der Waals surface area contributed by atoms with Gasteiger partial charge in [0, 0.05) is 24.4 Å². The van der Waals surface area contributed by atoms with Crippen molar-refractivity contribution >= 4 is 11.6 Å². The molecule has 152 valence electrons. The summed E-state index contributed by atoms with van der Waals surface area (Å²) in [5, 5.41) is 4.15. The Morgan fingerprint density at radius 1 is 1.24 bits per heavy atom. The highest BCUT2D eigenvalue weighted by atomic mass is 19.1. The van der Waals surface area contributed by atoms with E-state index in [1.165, 1.54) is 12.1 Å². The number of benzene rings is 2. The number of carbonyl (C=O) groups excluding carboxylic acids is 1. The molecule has 5 nitrogen and oxygen atoms in total. The fourth-order valence-corrected chi connectivity index (χ4v) is 3.75. The van der Waals surface area contributed by atoms with E-state index < -0.39 is 0 Å². The average molecular weight is 396 g/mol. The van der Waals surface area contributed by atoms with Gasteiger partial charge in [-0.2, -0.15) is 0 Å². The molecule has 1 atom stereocenters. The Kier molecular flexibility index (Phi) is 5.79. The predicted octanol–water partition coefficient (Wildman–Crippen LogP) is 4.16. The standard InChI is InChI=1S/C23H25FN2O3/c1-28-20-10-2-5-16(11-20)14-26(23(27)17-6-3-7-17)15-21-13-22(25-29-21)18-8-4-9-19(24)12-18/h2,4-5,8-12,17,21H,3,6-7,13-15H2,1H3/t21-/m0/s1. The van der Waals surface area contributed by atoms with Crippen LogP contribution in [0.4, 0.5) is 4.39 Å². The maximum atomic E-state index is 13.5. The third-order valence-corrected chi connectivity index (χ3v) is 5.59. The molecule has 1 aliphatic heterocycles. The number of methoxy groups -OCH3 is 1. The van der Waals surface area contributed by atoms with E-state index in [4.69, 9.17) is 9.57 Å². The molecule has 0 saturated heterocycles. The van der Waals surface area contributed by atoms with Gasteiger partial charge in [0.15, 0.2) is 6.10 Å². The van der Waals surface area contributed by atoms with Gasteiger partial charge in [-0.15, -0.1) is 0 Å². The summed E-state index contributed by atoms with van der Waals surface area (Å²) >= 11 is 0. The number of halogens is 1. The average Bonchev–Trinajstić information content (AvgIpc) is 3.15. The lowest BCUT2D eigenvalue weighted by atomic mass is 9.84. The first-order valence-electron chi connectivity index (χ1n) is 10.0. The van der Waals surface area contributed by atoms with Gasteiger partial charge in [-0.05, 0) is 42.7 Å². The zero-order valence-electron chi connectivity index (χ0n) is 16.5. The maximum Gasteiger partial charge on any atom is 0.226 e. The van der Waals surface area contributed by atoms with Gasteiger partial charge in [0.05, 0.1) is 19.4 Å². The van der Waals surface area contributed by atoms with E-state index in [9.17, 15) is 9.18 Å². The molecule has 2 aliphatic rings. The van der Waals surface area contributed by atoms with Crippen molar-refractivity contribution in [3.05, 3.63) is 65.5 Å². The van der Waals surface area contributed by atoms with E-state index in [1.54, 1.807) is 13.2 Å². The third kappa shape index (κ3) is 4.58. The number of oxime groups is 1. The number of hydrogen-bond donors (Lipinski definition) is 0. The van der Waals surface area contributed by atoms with Gasteiger partial charge in [-0.3, -0.25) is 4.79 Å². The number of carbonyl (C=O) groups is 1. The summed E-state index contributed by atoms with van der Waals surface area (Å²) < 4.78 is 18.8. The first kappa shape index (κ1) is 19.4. The van der Waals surface area contributed by atoms with Crippen molar-refractivity contribution in [3.8, 4) is 5.75 Å². The van der Waals surface area contributed by atoms with Crippen LogP contribution in [0.15, 0.2) is 53.7 Å². The van der Waals surface area contributed by atoms with Crippen LogP contribution in [-0.4, -0.2) is 36.3 Å². The first-order valence-corrected chi connectivity index (χ1v) is 10.0. The highest BCUT2D eigenvalue weighted by Crippen LogP contribution is 2.30.